The number of halogens is 1. The third-order valence-electron chi connectivity index (χ3n) is 3.80. The van der Waals surface area contributed by atoms with Crippen LogP contribution in [0.3, 0.4) is 0 Å². The van der Waals surface area contributed by atoms with Gasteiger partial charge in [0.1, 0.15) is 0 Å². The molecule has 1 amide bonds. The minimum absolute atomic E-state index is 0.0191. The van der Waals surface area contributed by atoms with Crippen molar-refractivity contribution >= 4 is 45.7 Å². The summed E-state index contributed by atoms with van der Waals surface area (Å²) in [7, 11) is -0.787. The molecule has 3 aromatic rings. The van der Waals surface area contributed by atoms with Gasteiger partial charge in [0.15, 0.2) is 0 Å². The highest BCUT2D eigenvalue weighted by Crippen LogP contribution is 2.33. The molecule has 2 nitrogen and oxygen atoms in total. The number of hydrogen-bond donors (Lipinski definition) is 1. The molecular formula is C21H19BrNOP. The van der Waals surface area contributed by atoms with Gasteiger partial charge in [-0.2, -0.15) is 0 Å². The van der Waals surface area contributed by atoms with Crippen molar-refractivity contribution in [2.75, 3.05) is 11.9 Å². The van der Waals surface area contributed by atoms with Gasteiger partial charge in [-0.1, -0.05) is 94.8 Å². The third kappa shape index (κ3) is 4.36. The predicted molar refractivity (Wildman–Crippen MR) is 111 cm³/mol. The van der Waals surface area contributed by atoms with E-state index >= 15 is 0 Å². The Balaban J connectivity index is 2.10. The molecule has 0 bridgehead atoms. The van der Waals surface area contributed by atoms with Crippen LogP contribution in [0.1, 0.15) is 10.4 Å². The van der Waals surface area contributed by atoms with E-state index in [1.54, 1.807) is 0 Å². The molecule has 0 unspecified atom stereocenters. The molecule has 0 atom stereocenters. The Kier molecular flexibility index (Phi) is 6.38. The zero-order valence-electron chi connectivity index (χ0n) is 13.7. The fourth-order valence-electron chi connectivity index (χ4n) is 2.70. The number of alkyl halides is 1. The summed E-state index contributed by atoms with van der Waals surface area (Å²) in [5.74, 6) is -0.0191. The highest BCUT2D eigenvalue weighted by molar-refractivity contribution is 9.09. The Morgan fingerprint density at radius 1 is 0.800 bits per heavy atom. The summed E-state index contributed by atoms with van der Waals surface area (Å²) in [4.78, 5) is 12.7. The molecule has 3 aromatic carbocycles. The quantitative estimate of drug-likeness (QED) is 0.487. The minimum atomic E-state index is -0.787. The highest BCUT2D eigenvalue weighted by atomic mass is 79.9. The molecule has 0 saturated carbocycles. The first-order valence-electron chi connectivity index (χ1n) is 8.14. The second-order valence-corrected chi connectivity index (χ2v) is 8.45. The van der Waals surface area contributed by atoms with Gasteiger partial charge in [-0.15, -0.1) is 0 Å². The van der Waals surface area contributed by atoms with E-state index in [0.717, 1.165) is 16.2 Å². The highest BCUT2D eigenvalue weighted by Gasteiger charge is 2.21. The molecule has 0 aliphatic carbocycles. The van der Waals surface area contributed by atoms with E-state index in [0.29, 0.717) is 6.54 Å². The van der Waals surface area contributed by atoms with Crippen LogP contribution in [-0.4, -0.2) is 17.8 Å². The Bertz CT molecular complexity index is 784. The van der Waals surface area contributed by atoms with Crippen LogP contribution < -0.4 is 21.2 Å². The van der Waals surface area contributed by atoms with Crippen molar-refractivity contribution < 1.29 is 4.79 Å². The lowest BCUT2D eigenvalue weighted by atomic mass is 10.2. The summed E-state index contributed by atoms with van der Waals surface area (Å²) >= 11 is 3.36. The van der Waals surface area contributed by atoms with Crippen LogP contribution in [0.5, 0.6) is 0 Å². The fraction of sp³-hybridized carbons (Fsp3) is 0.0952. The Morgan fingerprint density at radius 2 is 1.32 bits per heavy atom. The van der Waals surface area contributed by atoms with Gasteiger partial charge in [-0.25, -0.2) is 0 Å². The number of nitrogens with one attached hydrogen (secondary N) is 1. The van der Waals surface area contributed by atoms with Gasteiger partial charge in [-0.05, 0) is 29.9 Å². The molecule has 0 aromatic heterocycles. The maximum absolute atomic E-state index is 12.7. The zero-order chi connectivity index (χ0) is 17.5. The smallest absolute Gasteiger partial charge is 0.251 e. The van der Waals surface area contributed by atoms with Crippen LogP contribution in [0, 0.1) is 0 Å². The van der Waals surface area contributed by atoms with Crippen LogP contribution in [0.25, 0.3) is 0 Å². The lowest BCUT2D eigenvalue weighted by Crippen LogP contribution is -2.32. The molecule has 0 aliphatic heterocycles. The average molecular weight is 412 g/mol. The van der Waals surface area contributed by atoms with Crippen molar-refractivity contribution in [2.24, 2.45) is 0 Å². The molecule has 4 heteroatoms. The molecule has 1 N–H and O–H groups in total. The molecule has 0 heterocycles. The number of amides is 1. The molecule has 0 aliphatic rings. The molecule has 0 radical (unpaired) electrons. The largest absolute Gasteiger partial charge is 0.351 e. The molecule has 126 valence electrons. The average Bonchev–Trinajstić information content (AvgIpc) is 2.68. The maximum atomic E-state index is 12.7. The summed E-state index contributed by atoms with van der Waals surface area (Å²) in [5, 5.41) is 7.28. The molecule has 0 spiro atoms. The van der Waals surface area contributed by atoms with Crippen LogP contribution in [0.2, 0.25) is 0 Å². The number of carbonyl (C=O) groups excluding carboxylic acids is 1. The van der Waals surface area contributed by atoms with Gasteiger partial charge >= 0.3 is 0 Å². The number of rotatable bonds is 6. The number of hydrogen-bond acceptors (Lipinski definition) is 1. The Labute approximate surface area is 158 Å². The molecule has 0 fully saturated rings. The van der Waals surface area contributed by atoms with Gasteiger partial charge in [-0.3, -0.25) is 4.79 Å². The van der Waals surface area contributed by atoms with E-state index in [1.807, 2.05) is 30.3 Å². The second kappa shape index (κ2) is 8.94. The Morgan fingerprint density at radius 3 is 1.88 bits per heavy atom. The summed E-state index contributed by atoms with van der Waals surface area (Å²) in [6.45, 7) is 0.613. The van der Waals surface area contributed by atoms with Crippen molar-refractivity contribution in [2.45, 2.75) is 0 Å². The third-order valence-corrected chi connectivity index (χ3v) is 6.70. The van der Waals surface area contributed by atoms with E-state index in [4.69, 9.17) is 0 Å². The van der Waals surface area contributed by atoms with E-state index in [-0.39, 0.29) is 5.91 Å². The summed E-state index contributed by atoms with van der Waals surface area (Å²) in [5.41, 5.74) is 0.752. The van der Waals surface area contributed by atoms with Crippen LogP contribution in [-0.2, 0) is 0 Å². The SMILES string of the molecule is O=C(NCCBr)c1ccccc1P(c1ccccc1)c1ccccc1. The lowest BCUT2D eigenvalue weighted by Gasteiger charge is -2.21. The molecule has 3 rings (SSSR count). The number of carbonyl (C=O) groups is 1. The van der Waals surface area contributed by atoms with Gasteiger partial charge < -0.3 is 5.32 Å². The fourth-order valence-corrected chi connectivity index (χ4v) is 5.34. The van der Waals surface area contributed by atoms with Crippen LogP contribution in [0.15, 0.2) is 84.9 Å². The van der Waals surface area contributed by atoms with Crippen LogP contribution in [0.4, 0.5) is 0 Å². The van der Waals surface area contributed by atoms with Crippen molar-refractivity contribution in [3.8, 4) is 0 Å². The van der Waals surface area contributed by atoms with Gasteiger partial charge in [0, 0.05) is 17.4 Å². The van der Waals surface area contributed by atoms with Crippen molar-refractivity contribution in [1.82, 2.24) is 5.32 Å². The lowest BCUT2D eigenvalue weighted by molar-refractivity contribution is 0.0957. The van der Waals surface area contributed by atoms with Gasteiger partial charge in [0.05, 0.1) is 0 Å². The first kappa shape index (κ1) is 17.8. The summed E-state index contributed by atoms with van der Waals surface area (Å²) in [6, 6.07) is 28.8. The van der Waals surface area contributed by atoms with Crippen molar-refractivity contribution in [3.63, 3.8) is 0 Å². The minimum Gasteiger partial charge on any atom is -0.351 e. The Hall–Kier alpha value is -1.96. The van der Waals surface area contributed by atoms with E-state index in [2.05, 4.69) is 75.8 Å². The molecular weight excluding hydrogens is 393 g/mol. The standard InChI is InChI=1S/C21H19BrNOP/c22-15-16-23-21(24)19-13-7-8-14-20(19)25(17-9-3-1-4-10-17)18-11-5-2-6-12-18/h1-14H,15-16H2,(H,23,24). The van der Waals surface area contributed by atoms with Crippen molar-refractivity contribution in [3.05, 3.63) is 90.5 Å². The number of benzene rings is 3. The van der Waals surface area contributed by atoms with Gasteiger partial charge in [0.25, 0.3) is 5.91 Å². The first-order chi connectivity index (χ1) is 12.3. The molecule has 25 heavy (non-hydrogen) atoms. The topological polar surface area (TPSA) is 29.1 Å². The summed E-state index contributed by atoms with van der Waals surface area (Å²) in [6.07, 6.45) is 0. The molecule has 0 saturated heterocycles. The van der Waals surface area contributed by atoms with Gasteiger partial charge in [0.2, 0.25) is 0 Å². The van der Waals surface area contributed by atoms with E-state index in [1.165, 1.54) is 10.6 Å². The van der Waals surface area contributed by atoms with E-state index < -0.39 is 7.92 Å². The monoisotopic (exact) mass is 411 g/mol. The maximum Gasteiger partial charge on any atom is 0.251 e. The normalized spacial score (nSPS) is 10.6. The second-order valence-electron chi connectivity index (χ2n) is 5.47. The predicted octanol–water partition coefficient (Wildman–Crippen LogP) is 3.57. The zero-order valence-corrected chi connectivity index (χ0v) is 16.2. The summed E-state index contributed by atoms with van der Waals surface area (Å²) < 4.78 is 0. The van der Waals surface area contributed by atoms with Crippen molar-refractivity contribution in [1.29, 1.82) is 0 Å². The van der Waals surface area contributed by atoms with Crippen LogP contribution >= 0.6 is 23.9 Å². The first-order valence-corrected chi connectivity index (χ1v) is 10.6. The van der Waals surface area contributed by atoms with E-state index in [9.17, 15) is 4.79 Å².